The lowest BCUT2D eigenvalue weighted by Gasteiger charge is -2.07. The van der Waals surface area contributed by atoms with Crippen molar-refractivity contribution in [2.75, 3.05) is 5.32 Å². The van der Waals surface area contributed by atoms with Gasteiger partial charge in [-0.2, -0.15) is 13.2 Å². The van der Waals surface area contributed by atoms with Crippen molar-refractivity contribution in [3.63, 3.8) is 0 Å². The predicted octanol–water partition coefficient (Wildman–Crippen LogP) is 3.61. The van der Waals surface area contributed by atoms with Gasteiger partial charge in [0, 0.05) is 23.2 Å². The molecule has 3 N–H and O–H groups in total. The summed E-state index contributed by atoms with van der Waals surface area (Å²) in [7, 11) is 0. The zero-order valence-electron chi connectivity index (χ0n) is 14.7. The van der Waals surface area contributed by atoms with Crippen LogP contribution in [-0.4, -0.2) is 26.6 Å². The normalized spacial score (nSPS) is 11.3. The van der Waals surface area contributed by atoms with Crippen LogP contribution in [-0.2, 0) is 12.6 Å². The van der Waals surface area contributed by atoms with Crippen molar-refractivity contribution in [2.24, 2.45) is 5.73 Å². The molecule has 0 aliphatic heterocycles. The van der Waals surface area contributed by atoms with Gasteiger partial charge in [0.1, 0.15) is 17.7 Å². The minimum Gasteiger partial charge on any atom is -0.364 e. The number of anilines is 2. The third-order valence-corrected chi connectivity index (χ3v) is 4.79. The minimum atomic E-state index is -4.39. The van der Waals surface area contributed by atoms with Gasteiger partial charge in [-0.1, -0.05) is 0 Å². The molecule has 150 valence electrons. The van der Waals surface area contributed by atoms with E-state index in [1.165, 1.54) is 29.5 Å². The van der Waals surface area contributed by atoms with E-state index in [0.717, 1.165) is 23.3 Å². The second kappa shape index (κ2) is 8.35. The van der Waals surface area contributed by atoms with Crippen LogP contribution in [0, 0.1) is 0 Å². The van der Waals surface area contributed by atoms with Crippen LogP contribution in [0.4, 0.5) is 24.0 Å². The average Bonchev–Trinajstić information content (AvgIpc) is 3.13. The molecule has 0 radical (unpaired) electrons. The van der Waals surface area contributed by atoms with Crippen molar-refractivity contribution in [1.29, 1.82) is 0 Å². The number of ketones is 1. The Bertz CT molecular complexity index is 1030. The van der Waals surface area contributed by atoms with Gasteiger partial charge >= 0.3 is 6.18 Å². The summed E-state index contributed by atoms with van der Waals surface area (Å²) < 4.78 is 37.8. The molecule has 1 amide bonds. The van der Waals surface area contributed by atoms with Crippen LogP contribution in [0.15, 0.2) is 42.9 Å². The van der Waals surface area contributed by atoms with E-state index in [2.05, 4.69) is 20.3 Å². The molecule has 0 unspecified atom stereocenters. The second-order valence-corrected chi connectivity index (χ2v) is 7.02. The zero-order valence-corrected chi connectivity index (χ0v) is 15.5. The Labute approximate surface area is 166 Å². The van der Waals surface area contributed by atoms with Gasteiger partial charge in [-0.05, 0) is 36.8 Å². The summed E-state index contributed by atoms with van der Waals surface area (Å²) in [6, 6.07) is 5.85. The highest BCUT2D eigenvalue weighted by Crippen LogP contribution is 2.31. The summed E-state index contributed by atoms with van der Waals surface area (Å²) in [6.07, 6.45) is -1.18. The number of hydrogen-bond acceptors (Lipinski definition) is 7. The number of halogens is 3. The Kier molecular flexibility index (Phi) is 5.87. The molecule has 7 nitrogen and oxygen atoms in total. The zero-order chi connectivity index (χ0) is 21.0. The van der Waals surface area contributed by atoms with E-state index in [-0.39, 0.29) is 23.6 Å². The number of aryl methyl sites for hydroxylation is 1. The highest BCUT2D eigenvalue weighted by molar-refractivity contribution is 7.15. The van der Waals surface area contributed by atoms with Gasteiger partial charge in [0.25, 0.3) is 5.91 Å². The first kappa shape index (κ1) is 20.4. The topological polar surface area (TPSA) is 111 Å². The smallest absolute Gasteiger partial charge is 0.364 e. The van der Waals surface area contributed by atoms with Crippen LogP contribution in [0.25, 0.3) is 0 Å². The number of nitrogens with one attached hydrogen (secondary N) is 1. The minimum absolute atomic E-state index is 0.0378. The summed E-state index contributed by atoms with van der Waals surface area (Å²) in [5.41, 5.74) is 4.93. The van der Waals surface area contributed by atoms with E-state index in [1.54, 1.807) is 6.20 Å². The molecular formula is C18H14F3N5O2S. The molecule has 1 aromatic carbocycles. The van der Waals surface area contributed by atoms with Crippen molar-refractivity contribution in [3.8, 4) is 0 Å². The lowest BCUT2D eigenvalue weighted by Crippen LogP contribution is -2.15. The molecule has 3 rings (SSSR count). The first-order chi connectivity index (χ1) is 13.7. The SMILES string of the molecule is NC(=O)c1cc(C(=O)CCc2cnc(Nc3ccc(C(F)(F)F)cc3)s2)ncn1. The van der Waals surface area contributed by atoms with Crippen molar-refractivity contribution in [2.45, 2.75) is 19.0 Å². The number of primary amides is 1. The summed E-state index contributed by atoms with van der Waals surface area (Å²) in [6.45, 7) is 0. The van der Waals surface area contributed by atoms with Crippen molar-refractivity contribution in [3.05, 3.63) is 64.7 Å². The average molecular weight is 421 g/mol. The van der Waals surface area contributed by atoms with Gasteiger partial charge in [0.2, 0.25) is 0 Å². The number of nitrogens with two attached hydrogens (primary N) is 1. The molecular weight excluding hydrogens is 407 g/mol. The van der Waals surface area contributed by atoms with Gasteiger partial charge in [0.15, 0.2) is 10.9 Å². The largest absolute Gasteiger partial charge is 0.416 e. The van der Waals surface area contributed by atoms with Gasteiger partial charge < -0.3 is 11.1 Å². The predicted molar refractivity (Wildman–Crippen MR) is 100 cm³/mol. The van der Waals surface area contributed by atoms with Gasteiger partial charge in [0.05, 0.1) is 5.56 Å². The number of amides is 1. The molecule has 0 saturated heterocycles. The van der Waals surface area contributed by atoms with Crippen molar-refractivity contribution < 1.29 is 22.8 Å². The third-order valence-electron chi connectivity index (χ3n) is 3.82. The van der Waals surface area contributed by atoms with Gasteiger partial charge in [-0.25, -0.2) is 15.0 Å². The standard InChI is InChI=1S/C18H14F3N5O2S/c19-18(20,21)10-1-3-11(4-2-10)26-17-23-8-12(29-17)5-6-15(27)13-7-14(16(22)28)25-9-24-13/h1-4,7-9H,5-6H2,(H2,22,28)(H,23,26). The van der Waals surface area contributed by atoms with Crippen LogP contribution < -0.4 is 11.1 Å². The van der Waals surface area contributed by atoms with Crippen LogP contribution in [0.5, 0.6) is 0 Å². The molecule has 11 heteroatoms. The van der Waals surface area contributed by atoms with Crippen LogP contribution in [0.2, 0.25) is 0 Å². The summed E-state index contributed by atoms with van der Waals surface area (Å²) in [5, 5.41) is 3.42. The van der Waals surface area contributed by atoms with E-state index in [9.17, 15) is 22.8 Å². The molecule has 0 fully saturated rings. The Morgan fingerprint density at radius 2 is 1.76 bits per heavy atom. The Balaban J connectivity index is 1.58. The number of thiazole rings is 1. The highest BCUT2D eigenvalue weighted by atomic mass is 32.1. The first-order valence-corrected chi connectivity index (χ1v) is 9.08. The van der Waals surface area contributed by atoms with Gasteiger partial charge in [-0.3, -0.25) is 9.59 Å². The number of nitrogens with zero attached hydrogens (tertiary/aromatic N) is 3. The highest BCUT2D eigenvalue weighted by Gasteiger charge is 2.29. The number of Topliss-reactive ketones (excluding diaryl/α,β-unsaturated/α-hetero) is 1. The number of rotatable bonds is 7. The maximum atomic E-state index is 12.6. The maximum absolute atomic E-state index is 12.6. The molecule has 0 aliphatic carbocycles. The maximum Gasteiger partial charge on any atom is 0.416 e. The molecule has 0 spiro atoms. The van der Waals surface area contributed by atoms with Crippen molar-refractivity contribution in [1.82, 2.24) is 15.0 Å². The number of carbonyl (C=O) groups is 2. The van der Waals surface area contributed by atoms with E-state index in [1.807, 2.05) is 0 Å². The molecule has 29 heavy (non-hydrogen) atoms. The molecule has 0 saturated carbocycles. The van der Waals surface area contributed by atoms with Crippen LogP contribution >= 0.6 is 11.3 Å². The molecule has 2 aromatic heterocycles. The summed E-state index contributed by atoms with van der Waals surface area (Å²) >= 11 is 1.28. The lowest BCUT2D eigenvalue weighted by molar-refractivity contribution is -0.137. The third kappa shape index (κ3) is 5.35. The number of alkyl halides is 3. The molecule has 0 aliphatic rings. The monoisotopic (exact) mass is 421 g/mol. The van der Waals surface area contributed by atoms with E-state index < -0.39 is 17.6 Å². The van der Waals surface area contributed by atoms with Crippen LogP contribution in [0.1, 0.15) is 37.8 Å². The molecule has 0 atom stereocenters. The summed E-state index contributed by atoms with van der Waals surface area (Å²) in [5.74, 6) is -1.02. The fraction of sp³-hybridized carbons (Fsp3) is 0.167. The molecule has 0 bridgehead atoms. The number of carbonyl (C=O) groups excluding carboxylic acids is 2. The van der Waals surface area contributed by atoms with Gasteiger partial charge in [-0.15, -0.1) is 11.3 Å². The number of hydrogen-bond donors (Lipinski definition) is 2. The molecule has 2 heterocycles. The summed E-state index contributed by atoms with van der Waals surface area (Å²) in [4.78, 5) is 35.9. The Morgan fingerprint density at radius 1 is 1.07 bits per heavy atom. The number of aromatic nitrogens is 3. The number of benzene rings is 1. The van der Waals surface area contributed by atoms with E-state index >= 15 is 0 Å². The Hall–Kier alpha value is -3.34. The quantitative estimate of drug-likeness (QED) is 0.564. The fourth-order valence-electron chi connectivity index (χ4n) is 2.36. The fourth-order valence-corrected chi connectivity index (χ4v) is 3.19. The van der Waals surface area contributed by atoms with E-state index in [0.29, 0.717) is 17.2 Å². The second-order valence-electron chi connectivity index (χ2n) is 5.91. The Morgan fingerprint density at radius 3 is 2.41 bits per heavy atom. The lowest BCUT2D eigenvalue weighted by atomic mass is 10.1. The van der Waals surface area contributed by atoms with E-state index in [4.69, 9.17) is 5.73 Å². The van der Waals surface area contributed by atoms with Crippen LogP contribution in [0.3, 0.4) is 0 Å². The first-order valence-electron chi connectivity index (χ1n) is 8.26. The van der Waals surface area contributed by atoms with Crippen molar-refractivity contribution >= 4 is 33.8 Å². The molecule has 3 aromatic rings.